The van der Waals surface area contributed by atoms with E-state index >= 15 is 0 Å². The molecule has 4 heterocycles. The number of fused-ring (bicyclic) bond motifs is 14. The third-order valence-corrected chi connectivity index (χ3v) is 11.3. The summed E-state index contributed by atoms with van der Waals surface area (Å²) in [5.74, 6) is 0. The van der Waals surface area contributed by atoms with Crippen molar-refractivity contribution >= 4 is 87.4 Å². The average Bonchev–Trinajstić information content (AvgIpc) is 3.97. The van der Waals surface area contributed by atoms with Crippen molar-refractivity contribution in [1.29, 1.82) is 5.26 Å². The Morgan fingerprint density at radius 3 is 1.41 bits per heavy atom. The molecule has 0 aliphatic carbocycles. The number of para-hydroxylation sites is 5. The molecule has 0 unspecified atom stereocenters. The Morgan fingerprint density at radius 2 is 0.815 bits per heavy atom. The summed E-state index contributed by atoms with van der Waals surface area (Å²) in [5, 5.41) is 20.4. The lowest BCUT2D eigenvalue weighted by Gasteiger charge is -2.15. The number of hydrogen-bond acceptors (Lipinski definition) is 2. The number of nitriles is 1. The van der Waals surface area contributed by atoms with Crippen LogP contribution >= 0.6 is 0 Å². The first kappa shape index (κ1) is 29.1. The number of benzene rings is 8. The fourth-order valence-electron chi connectivity index (χ4n) is 9.18. The molecular weight excluding hydrogens is 661 g/mol. The first-order valence-corrected chi connectivity index (χ1v) is 18.2. The highest BCUT2D eigenvalue weighted by Crippen LogP contribution is 2.45. The Hall–Kier alpha value is -7.55. The molecule has 0 fully saturated rings. The number of rotatable bonds is 3. The fraction of sp³-hybridized carbons (Fsp3) is 0. The lowest BCUT2D eigenvalue weighted by Crippen LogP contribution is -2.04. The highest BCUT2D eigenvalue weighted by molar-refractivity contribution is 6.29. The Morgan fingerprint density at radius 1 is 0.352 bits per heavy atom. The monoisotopic (exact) mass is 688 g/mol. The van der Waals surface area contributed by atoms with E-state index in [9.17, 15) is 5.26 Å². The van der Waals surface area contributed by atoms with E-state index in [1.165, 1.54) is 16.2 Å². The molecule has 0 radical (unpaired) electrons. The van der Waals surface area contributed by atoms with Crippen molar-refractivity contribution in [3.05, 3.63) is 175 Å². The molecule has 0 aliphatic rings. The minimum Gasteiger partial charge on any atom is -0.456 e. The van der Waals surface area contributed by atoms with Crippen molar-refractivity contribution < 1.29 is 4.42 Å². The summed E-state index contributed by atoms with van der Waals surface area (Å²) >= 11 is 0. The van der Waals surface area contributed by atoms with Gasteiger partial charge in [-0.2, -0.15) is 5.26 Å². The molecule has 12 rings (SSSR count). The van der Waals surface area contributed by atoms with Crippen molar-refractivity contribution in [2.45, 2.75) is 0 Å². The normalized spacial score (nSPS) is 12.1. The van der Waals surface area contributed by atoms with Gasteiger partial charge in [-0.05, 0) is 72.8 Å². The van der Waals surface area contributed by atoms with Crippen LogP contribution < -0.4 is 0 Å². The zero-order valence-electron chi connectivity index (χ0n) is 28.9. The van der Waals surface area contributed by atoms with Crippen molar-refractivity contribution in [1.82, 2.24) is 13.7 Å². The highest BCUT2D eigenvalue weighted by atomic mass is 16.3. The maximum absolute atomic E-state index is 11.2. The quantitative estimate of drug-likeness (QED) is 0.185. The van der Waals surface area contributed by atoms with Crippen LogP contribution in [-0.2, 0) is 0 Å². The van der Waals surface area contributed by atoms with Crippen LogP contribution in [0, 0.1) is 11.3 Å². The largest absolute Gasteiger partial charge is 0.456 e. The van der Waals surface area contributed by atoms with Crippen LogP contribution in [0.1, 0.15) is 5.56 Å². The molecule has 0 saturated carbocycles. The number of furan rings is 1. The van der Waals surface area contributed by atoms with Gasteiger partial charge in [0, 0.05) is 48.8 Å². The average molecular weight is 689 g/mol. The second-order valence-electron chi connectivity index (χ2n) is 14.0. The summed E-state index contributed by atoms with van der Waals surface area (Å²) < 4.78 is 13.2. The molecule has 0 atom stereocenters. The molecule has 0 amide bonds. The molecule has 54 heavy (non-hydrogen) atoms. The molecule has 4 aromatic heterocycles. The van der Waals surface area contributed by atoms with E-state index in [1.54, 1.807) is 0 Å². The minimum atomic E-state index is 0.603. The Kier molecular flexibility index (Phi) is 5.78. The third-order valence-electron chi connectivity index (χ3n) is 11.3. The summed E-state index contributed by atoms with van der Waals surface area (Å²) in [7, 11) is 0. The molecule has 5 nitrogen and oxygen atoms in total. The van der Waals surface area contributed by atoms with Crippen molar-refractivity contribution in [2.75, 3.05) is 0 Å². The Balaban J connectivity index is 1.19. The SMILES string of the molecule is N#Cc1c(-n2c3ccccc3c3c4c(ccc32)oc2ccccc24)cccc1-n1c2ccccc2c2c3c4ccccc4n(-c4ccccc4)c3ccc21. The topological polar surface area (TPSA) is 51.7 Å². The first-order chi connectivity index (χ1) is 26.8. The first-order valence-electron chi connectivity index (χ1n) is 18.2. The zero-order valence-corrected chi connectivity index (χ0v) is 28.9. The molecule has 0 N–H and O–H groups in total. The number of nitrogens with zero attached hydrogens (tertiary/aromatic N) is 4. The molecule has 0 saturated heterocycles. The van der Waals surface area contributed by atoms with Crippen molar-refractivity contribution in [2.24, 2.45) is 0 Å². The van der Waals surface area contributed by atoms with Gasteiger partial charge in [0.2, 0.25) is 0 Å². The Labute approximate surface area is 308 Å². The predicted molar refractivity (Wildman–Crippen MR) is 221 cm³/mol. The van der Waals surface area contributed by atoms with Gasteiger partial charge in [0.25, 0.3) is 0 Å². The van der Waals surface area contributed by atoms with Gasteiger partial charge < -0.3 is 18.1 Å². The molecule has 250 valence electrons. The summed E-state index contributed by atoms with van der Waals surface area (Å²) in [6.07, 6.45) is 0. The molecule has 0 bridgehead atoms. The van der Waals surface area contributed by atoms with Crippen LogP contribution in [0.15, 0.2) is 174 Å². The van der Waals surface area contributed by atoms with Crippen LogP contribution in [0.4, 0.5) is 0 Å². The lowest BCUT2D eigenvalue weighted by atomic mass is 10.1. The zero-order chi connectivity index (χ0) is 35.5. The van der Waals surface area contributed by atoms with Gasteiger partial charge in [0.05, 0.1) is 44.5 Å². The van der Waals surface area contributed by atoms with Gasteiger partial charge in [-0.15, -0.1) is 0 Å². The molecule has 8 aromatic carbocycles. The second kappa shape index (κ2) is 10.7. The highest BCUT2D eigenvalue weighted by Gasteiger charge is 2.24. The summed E-state index contributed by atoms with van der Waals surface area (Å²) in [5.41, 5.74) is 11.6. The van der Waals surface area contributed by atoms with E-state index in [4.69, 9.17) is 4.42 Å². The summed E-state index contributed by atoms with van der Waals surface area (Å²) in [6, 6.07) is 62.1. The maximum atomic E-state index is 11.2. The van der Waals surface area contributed by atoms with Crippen LogP contribution in [0.2, 0.25) is 0 Å². The minimum absolute atomic E-state index is 0.603. The molecule has 5 heteroatoms. The standard InChI is InChI=1S/C49H28N4O/c50-29-35-39(22-12-23-40(35)53-38-21-10-6-17-33(38)48-43(53)27-28-45-49(48)34-18-7-11-24-44(34)54-45)52-37-20-9-5-16-32(37)47-42(52)26-25-41-46(47)31-15-4-8-19-36(31)51(41)30-13-2-1-3-14-30/h1-28H. The van der Waals surface area contributed by atoms with Gasteiger partial charge in [-0.3, -0.25) is 0 Å². The van der Waals surface area contributed by atoms with Gasteiger partial charge in [0.15, 0.2) is 0 Å². The number of hydrogen-bond donors (Lipinski definition) is 0. The van der Waals surface area contributed by atoms with Crippen LogP contribution in [0.25, 0.3) is 104 Å². The van der Waals surface area contributed by atoms with E-state index in [-0.39, 0.29) is 0 Å². The van der Waals surface area contributed by atoms with E-state index in [2.05, 4.69) is 177 Å². The van der Waals surface area contributed by atoms with E-state index in [0.29, 0.717) is 5.56 Å². The smallest absolute Gasteiger partial charge is 0.136 e. The maximum Gasteiger partial charge on any atom is 0.136 e. The second-order valence-corrected chi connectivity index (χ2v) is 14.0. The van der Waals surface area contributed by atoms with E-state index in [0.717, 1.165) is 88.3 Å². The van der Waals surface area contributed by atoms with Crippen LogP contribution in [0.5, 0.6) is 0 Å². The van der Waals surface area contributed by atoms with E-state index in [1.807, 2.05) is 12.1 Å². The van der Waals surface area contributed by atoms with E-state index < -0.39 is 0 Å². The predicted octanol–water partition coefficient (Wildman–Crippen LogP) is 12.7. The fourth-order valence-corrected chi connectivity index (χ4v) is 9.18. The summed E-state index contributed by atoms with van der Waals surface area (Å²) in [4.78, 5) is 0. The van der Waals surface area contributed by atoms with Gasteiger partial charge in [-0.25, -0.2) is 0 Å². The van der Waals surface area contributed by atoms with Crippen LogP contribution in [-0.4, -0.2) is 13.7 Å². The van der Waals surface area contributed by atoms with Crippen molar-refractivity contribution in [3.63, 3.8) is 0 Å². The van der Waals surface area contributed by atoms with Crippen LogP contribution in [0.3, 0.4) is 0 Å². The molecule has 12 aromatic rings. The van der Waals surface area contributed by atoms with Gasteiger partial charge in [-0.1, -0.05) is 97.1 Å². The number of aromatic nitrogens is 3. The molecule has 0 spiro atoms. The molecular formula is C49H28N4O. The third kappa shape index (κ3) is 3.71. The molecule has 0 aliphatic heterocycles. The summed E-state index contributed by atoms with van der Waals surface area (Å²) in [6.45, 7) is 0. The van der Waals surface area contributed by atoms with Gasteiger partial charge in [0.1, 0.15) is 22.8 Å². The van der Waals surface area contributed by atoms with Gasteiger partial charge >= 0.3 is 0 Å². The van der Waals surface area contributed by atoms with Crippen molar-refractivity contribution in [3.8, 4) is 23.1 Å². The lowest BCUT2D eigenvalue weighted by molar-refractivity contribution is 0.669. The Bertz CT molecular complexity index is 3570.